The monoisotopic (exact) mass is 416 g/mol. The number of carbonyl (C=O) groups is 1. The zero-order chi connectivity index (χ0) is 18.1. The van der Waals surface area contributed by atoms with Gasteiger partial charge in [0.25, 0.3) is 0 Å². The Hall–Kier alpha value is -0.630. The normalized spacial score (nSPS) is 34.7. The van der Waals surface area contributed by atoms with Crippen LogP contribution in [0.5, 0.6) is 0 Å². The van der Waals surface area contributed by atoms with E-state index in [0.29, 0.717) is 11.7 Å². The topological polar surface area (TPSA) is 17.1 Å². The second-order valence-corrected chi connectivity index (χ2v) is 10.1. The van der Waals surface area contributed by atoms with E-state index < -0.39 is 0 Å². The van der Waals surface area contributed by atoms with Crippen molar-refractivity contribution in [3.05, 3.63) is 33.8 Å². The first kappa shape index (κ1) is 18.7. The molecule has 142 valence electrons. The van der Waals surface area contributed by atoms with Crippen LogP contribution >= 0.6 is 15.9 Å². The molecule has 3 aliphatic carbocycles. The van der Waals surface area contributed by atoms with Gasteiger partial charge in [0.05, 0.1) is 0 Å². The van der Waals surface area contributed by atoms with Crippen molar-refractivity contribution in [3.8, 4) is 0 Å². The first-order valence-electron chi connectivity index (χ1n) is 11.0. The lowest BCUT2D eigenvalue weighted by Crippen LogP contribution is -2.30. The van der Waals surface area contributed by atoms with Gasteiger partial charge in [-0.1, -0.05) is 54.6 Å². The van der Waals surface area contributed by atoms with Crippen molar-refractivity contribution in [2.45, 2.75) is 77.6 Å². The Balaban J connectivity index is 1.30. The highest BCUT2D eigenvalue weighted by Gasteiger charge is 2.39. The molecule has 0 aliphatic heterocycles. The highest BCUT2D eigenvalue weighted by atomic mass is 79.9. The summed E-state index contributed by atoms with van der Waals surface area (Å²) in [5.74, 6) is 4.26. The van der Waals surface area contributed by atoms with Crippen LogP contribution in [-0.2, 0) is 6.42 Å². The second kappa shape index (κ2) is 8.17. The van der Waals surface area contributed by atoms with Gasteiger partial charge in [-0.3, -0.25) is 4.79 Å². The van der Waals surface area contributed by atoms with Crippen LogP contribution in [0, 0.1) is 29.6 Å². The molecule has 0 aromatic heterocycles. The molecule has 0 radical (unpaired) electrons. The van der Waals surface area contributed by atoms with E-state index in [1.807, 2.05) is 6.07 Å². The molecule has 3 aliphatic rings. The molecule has 0 spiro atoms. The van der Waals surface area contributed by atoms with Crippen LogP contribution in [-0.4, -0.2) is 5.78 Å². The Morgan fingerprint density at radius 3 is 2.19 bits per heavy atom. The molecule has 4 rings (SSSR count). The van der Waals surface area contributed by atoms with E-state index in [2.05, 4.69) is 35.0 Å². The minimum absolute atomic E-state index is 0.264. The fourth-order valence-corrected chi connectivity index (χ4v) is 6.60. The van der Waals surface area contributed by atoms with E-state index in [9.17, 15) is 4.79 Å². The van der Waals surface area contributed by atoms with Gasteiger partial charge in [-0.05, 0) is 86.3 Å². The molecule has 0 heterocycles. The number of hydrogen-bond donors (Lipinski definition) is 0. The van der Waals surface area contributed by atoms with E-state index in [0.717, 1.165) is 34.2 Å². The van der Waals surface area contributed by atoms with Crippen molar-refractivity contribution in [1.82, 2.24) is 0 Å². The minimum Gasteiger partial charge on any atom is -0.294 e. The van der Waals surface area contributed by atoms with Crippen LogP contribution in [0.4, 0.5) is 0 Å². The molecule has 0 bridgehead atoms. The van der Waals surface area contributed by atoms with Gasteiger partial charge in [0.2, 0.25) is 0 Å². The van der Waals surface area contributed by atoms with Crippen molar-refractivity contribution < 1.29 is 4.79 Å². The number of ketones is 1. The molecule has 0 saturated heterocycles. The number of carbonyl (C=O) groups excluding carboxylic acids is 1. The summed E-state index contributed by atoms with van der Waals surface area (Å²) in [6.45, 7) is 2.33. The van der Waals surface area contributed by atoms with Gasteiger partial charge in [0.15, 0.2) is 5.78 Å². The van der Waals surface area contributed by atoms with E-state index >= 15 is 0 Å². The summed E-state index contributed by atoms with van der Waals surface area (Å²) in [5, 5.41) is 0. The average Bonchev–Trinajstić information content (AvgIpc) is 2.99. The quantitative estimate of drug-likeness (QED) is 0.506. The molecule has 1 atom stereocenters. The van der Waals surface area contributed by atoms with Gasteiger partial charge >= 0.3 is 0 Å². The SMILES string of the molecule is CCCC1CCC(C2CCC(C3Cc4ccc(Br)cc4C3=O)CC2)CC1. The first-order valence-corrected chi connectivity index (χ1v) is 11.8. The summed E-state index contributed by atoms with van der Waals surface area (Å²) < 4.78 is 1.03. The van der Waals surface area contributed by atoms with Gasteiger partial charge in [0, 0.05) is 16.0 Å². The van der Waals surface area contributed by atoms with Crippen molar-refractivity contribution in [2.24, 2.45) is 29.6 Å². The molecule has 1 unspecified atom stereocenters. The minimum atomic E-state index is 0.264. The lowest BCUT2D eigenvalue weighted by molar-refractivity contribution is 0.0811. The van der Waals surface area contributed by atoms with Crippen molar-refractivity contribution in [2.75, 3.05) is 0 Å². The van der Waals surface area contributed by atoms with Crippen LogP contribution in [0.3, 0.4) is 0 Å². The van der Waals surface area contributed by atoms with Crippen molar-refractivity contribution >= 4 is 21.7 Å². The Labute approximate surface area is 167 Å². The van der Waals surface area contributed by atoms with Gasteiger partial charge in [-0.2, -0.15) is 0 Å². The van der Waals surface area contributed by atoms with E-state index in [4.69, 9.17) is 0 Å². The number of hydrogen-bond acceptors (Lipinski definition) is 1. The fourth-order valence-electron chi connectivity index (χ4n) is 6.24. The number of halogens is 1. The molecule has 2 heteroatoms. The number of Topliss-reactive ketones (excluding diaryl/α,β-unsaturated/α-hetero) is 1. The maximum Gasteiger partial charge on any atom is 0.166 e. The molecule has 1 nitrogen and oxygen atoms in total. The third-order valence-electron chi connectivity index (χ3n) is 7.75. The number of fused-ring (bicyclic) bond motifs is 1. The largest absolute Gasteiger partial charge is 0.294 e. The molecular formula is C24H33BrO. The fraction of sp³-hybridized carbons (Fsp3) is 0.708. The average molecular weight is 417 g/mol. The Morgan fingerprint density at radius 2 is 1.54 bits per heavy atom. The molecule has 1 aromatic carbocycles. The predicted molar refractivity (Wildman–Crippen MR) is 111 cm³/mol. The van der Waals surface area contributed by atoms with Crippen molar-refractivity contribution in [1.29, 1.82) is 0 Å². The van der Waals surface area contributed by atoms with Crippen LogP contribution in [0.1, 0.15) is 87.1 Å². The molecule has 2 fully saturated rings. The highest BCUT2D eigenvalue weighted by Crippen LogP contribution is 2.45. The van der Waals surface area contributed by atoms with Gasteiger partial charge < -0.3 is 0 Å². The highest BCUT2D eigenvalue weighted by molar-refractivity contribution is 9.10. The zero-order valence-electron chi connectivity index (χ0n) is 16.2. The summed E-state index contributed by atoms with van der Waals surface area (Å²) in [7, 11) is 0. The standard InChI is InChI=1S/C24H33BrO/c1-2-3-16-4-6-17(7-5-16)18-8-10-19(11-9-18)22-14-20-12-13-21(25)15-23(20)24(22)26/h12-13,15-19,22H,2-11,14H2,1H3. The molecule has 0 N–H and O–H groups in total. The second-order valence-electron chi connectivity index (χ2n) is 9.22. The smallest absolute Gasteiger partial charge is 0.166 e. The predicted octanol–water partition coefficient (Wildman–Crippen LogP) is 7.22. The lowest BCUT2D eigenvalue weighted by Gasteiger charge is -2.39. The van der Waals surface area contributed by atoms with E-state index in [-0.39, 0.29) is 5.92 Å². The van der Waals surface area contributed by atoms with Crippen LogP contribution in [0.2, 0.25) is 0 Å². The maximum atomic E-state index is 12.9. The van der Waals surface area contributed by atoms with Crippen molar-refractivity contribution in [3.63, 3.8) is 0 Å². The third-order valence-corrected chi connectivity index (χ3v) is 8.25. The van der Waals surface area contributed by atoms with Crippen LogP contribution in [0.25, 0.3) is 0 Å². The molecule has 0 amide bonds. The maximum absolute atomic E-state index is 12.9. The Morgan fingerprint density at radius 1 is 0.923 bits per heavy atom. The summed E-state index contributed by atoms with van der Waals surface area (Å²) >= 11 is 3.52. The summed E-state index contributed by atoms with van der Waals surface area (Å²) in [5.41, 5.74) is 2.26. The number of rotatable bonds is 4. The molecular weight excluding hydrogens is 384 g/mol. The van der Waals surface area contributed by atoms with Gasteiger partial charge in [-0.15, -0.1) is 0 Å². The molecule has 26 heavy (non-hydrogen) atoms. The first-order chi connectivity index (χ1) is 12.7. The van der Waals surface area contributed by atoms with E-state index in [1.54, 1.807) is 0 Å². The Bertz CT molecular complexity index is 636. The Kier molecular flexibility index (Phi) is 5.88. The van der Waals surface area contributed by atoms with Gasteiger partial charge in [-0.25, -0.2) is 0 Å². The number of benzene rings is 1. The van der Waals surface area contributed by atoms with Gasteiger partial charge in [0.1, 0.15) is 0 Å². The molecule has 2 saturated carbocycles. The third kappa shape index (κ3) is 3.81. The van der Waals surface area contributed by atoms with E-state index in [1.165, 1.54) is 69.8 Å². The molecule has 1 aromatic rings. The summed E-state index contributed by atoms with van der Waals surface area (Å²) in [4.78, 5) is 12.9. The van der Waals surface area contributed by atoms with Crippen LogP contribution in [0.15, 0.2) is 22.7 Å². The lowest BCUT2D eigenvalue weighted by atomic mass is 9.66. The summed E-state index contributed by atoms with van der Waals surface area (Å²) in [6.07, 6.45) is 15.0. The zero-order valence-corrected chi connectivity index (χ0v) is 17.8. The summed E-state index contributed by atoms with van der Waals surface area (Å²) in [6, 6.07) is 6.27. The van der Waals surface area contributed by atoms with Crippen LogP contribution < -0.4 is 0 Å².